The number of aromatic nitrogens is 3. The number of hydrogen-bond acceptors (Lipinski definition) is 6. The van der Waals surface area contributed by atoms with Gasteiger partial charge in [0.15, 0.2) is 17.3 Å². The van der Waals surface area contributed by atoms with E-state index >= 15 is 0 Å². The first-order valence-electron chi connectivity index (χ1n) is 13.9. The fourth-order valence-corrected chi connectivity index (χ4v) is 5.40. The van der Waals surface area contributed by atoms with Gasteiger partial charge in [-0.25, -0.2) is 14.5 Å². The zero-order valence-electron chi connectivity index (χ0n) is 23.9. The van der Waals surface area contributed by atoms with Crippen molar-refractivity contribution in [1.82, 2.24) is 19.7 Å². The molecule has 238 valence electrons. The van der Waals surface area contributed by atoms with Crippen molar-refractivity contribution in [2.75, 3.05) is 19.6 Å². The molecule has 45 heavy (non-hydrogen) atoms. The zero-order valence-corrected chi connectivity index (χ0v) is 23.9. The molecule has 0 atom stereocenters. The third kappa shape index (κ3) is 7.74. The van der Waals surface area contributed by atoms with Crippen LogP contribution in [0.5, 0.6) is 11.5 Å². The molecule has 1 saturated heterocycles. The van der Waals surface area contributed by atoms with E-state index in [-0.39, 0.29) is 24.0 Å². The summed E-state index contributed by atoms with van der Waals surface area (Å²) in [6.45, 7) is 1.99. The second-order valence-electron chi connectivity index (χ2n) is 10.7. The van der Waals surface area contributed by atoms with E-state index in [9.17, 15) is 31.1 Å². The predicted octanol–water partition coefficient (Wildman–Crippen LogP) is 7.64. The highest BCUT2D eigenvalue weighted by molar-refractivity contribution is 5.68. The number of rotatable bonds is 8. The van der Waals surface area contributed by atoms with Crippen LogP contribution in [0.3, 0.4) is 0 Å². The standard InChI is InChI=1S/C31H28F6N4O4/c1-19-15-21(20-11-13-40(14-12-20)18-30(32,33)34)9-10-22(19)17-44-25-7-3-2-5-23(25)24-6-4-8-27(39-24)41-28(31(35,36)37)26(16-38-41)45-29(42)43/h2-10,15-16,20H,11-14,17-18H2,1H3,(H,42,43). The Bertz CT molecular complexity index is 1660. The lowest BCUT2D eigenvalue weighted by Crippen LogP contribution is -2.39. The van der Waals surface area contributed by atoms with Crippen LogP contribution < -0.4 is 9.47 Å². The van der Waals surface area contributed by atoms with Crippen LogP contribution in [0.15, 0.2) is 66.9 Å². The van der Waals surface area contributed by atoms with Gasteiger partial charge in [-0.05, 0) is 79.7 Å². The number of aryl methyl sites for hydroxylation is 1. The van der Waals surface area contributed by atoms with Gasteiger partial charge in [0.2, 0.25) is 0 Å². The summed E-state index contributed by atoms with van der Waals surface area (Å²) in [5, 5.41) is 12.5. The third-order valence-corrected chi connectivity index (χ3v) is 7.53. The molecule has 3 heterocycles. The Morgan fingerprint density at radius 2 is 1.71 bits per heavy atom. The maximum absolute atomic E-state index is 13.8. The average Bonchev–Trinajstić information content (AvgIpc) is 3.40. The zero-order chi connectivity index (χ0) is 32.4. The number of halogens is 6. The van der Waals surface area contributed by atoms with E-state index in [1.807, 2.05) is 25.1 Å². The number of benzene rings is 2. The normalized spacial score (nSPS) is 14.8. The maximum atomic E-state index is 13.8. The van der Waals surface area contributed by atoms with Crippen LogP contribution in [0.25, 0.3) is 17.1 Å². The van der Waals surface area contributed by atoms with E-state index in [1.165, 1.54) is 17.0 Å². The van der Waals surface area contributed by atoms with Crippen molar-refractivity contribution in [2.24, 2.45) is 0 Å². The lowest BCUT2D eigenvalue weighted by molar-refractivity contribution is -0.148. The number of para-hydroxylation sites is 1. The summed E-state index contributed by atoms with van der Waals surface area (Å²) in [4.78, 5) is 16.7. The molecule has 1 fully saturated rings. The van der Waals surface area contributed by atoms with Gasteiger partial charge in [-0.15, -0.1) is 0 Å². The van der Waals surface area contributed by atoms with E-state index in [2.05, 4.69) is 14.8 Å². The number of nitrogens with zero attached hydrogens (tertiary/aromatic N) is 4. The van der Waals surface area contributed by atoms with Gasteiger partial charge < -0.3 is 14.6 Å². The molecule has 8 nitrogen and oxygen atoms in total. The molecule has 0 unspecified atom stereocenters. The van der Waals surface area contributed by atoms with E-state index in [0.29, 0.717) is 48.1 Å². The highest BCUT2D eigenvalue weighted by atomic mass is 19.4. The smallest absolute Gasteiger partial charge is 0.488 e. The molecular weight excluding hydrogens is 606 g/mol. The molecule has 0 aliphatic carbocycles. The van der Waals surface area contributed by atoms with Crippen LogP contribution >= 0.6 is 0 Å². The van der Waals surface area contributed by atoms with Gasteiger partial charge in [-0.2, -0.15) is 31.4 Å². The summed E-state index contributed by atoms with van der Waals surface area (Å²) in [7, 11) is 0. The van der Waals surface area contributed by atoms with Crippen LogP contribution in [0.2, 0.25) is 0 Å². The van der Waals surface area contributed by atoms with Gasteiger partial charge in [0, 0.05) is 5.56 Å². The molecule has 1 aliphatic rings. The number of pyridine rings is 1. The third-order valence-electron chi connectivity index (χ3n) is 7.53. The Morgan fingerprint density at radius 1 is 0.978 bits per heavy atom. The Labute approximate surface area is 253 Å². The molecule has 0 amide bonds. The van der Waals surface area contributed by atoms with Gasteiger partial charge in [0.1, 0.15) is 12.4 Å². The van der Waals surface area contributed by atoms with Crippen LogP contribution in [0.4, 0.5) is 31.1 Å². The van der Waals surface area contributed by atoms with Crippen LogP contribution in [-0.2, 0) is 12.8 Å². The molecule has 4 aromatic rings. The second-order valence-corrected chi connectivity index (χ2v) is 10.7. The van der Waals surface area contributed by atoms with E-state index in [1.54, 1.807) is 30.3 Å². The largest absolute Gasteiger partial charge is 0.511 e. The van der Waals surface area contributed by atoms with Crippen LogP contribution in [0.1, 0.15) is 41.1 Å². The Balaban J connectivity index is 1.32. The summed E-state index contributed by atoms with van der Waals surface area (Å²) < 4.78 is 90.6. The van der Waals surface area contributed by atoms with Crippen molar-refractivity contribution in [1.29, 1.82) is 0 Å². The Hall–Kier alpha value is -4.59. The Kier molecular flexibility index (Phi) is 9.05. The quantitative estimate of drug-likeness (QED) is 0.157. The molecule has 2 aromatic carbocycles. The van der Waals surface area contributed by atoms with Gasteiger partial charge >= 0.3 is 18.5 Å². The number of carboxylic acid groups (broad SMARTS) is 1. The number of carbonyl (C=O) groups is 1. The fraction of sp³-hybridized carbons (Fsp3) is 0.323. The first-order chi connectivity index (χ1) is 21.3. The van der Waals surface area contributed by atoms with Gasteiger partial charge in [0.25, 0.3) is 0 Å². The topological polar surface area (TPSA) is 89.7 Å². The highest BCUT2D eigenvalue weighted by Gasteiger charge is 2.41. The van der Waals surface area contributed by atoms with Crippen molar-refractivity contribution in [3.63, 3.8) is 0 Å². The second kappa shape index (κ2) is 12.8. The number of ether oxygens (including phenoxy) is 2. The molecular formula is C31H28F6N4O4. The molecule has 14 heteroatoms. The highest BCUT2D eigenvalue weighted by Crippen LogP contribution is 2.38. The Morgan fingerprint density at radius 3 is 2.38 bits per heavy atom. The van der Waals surface area contributed by atoms with Gasteiger partial charge in [-0.1, -0.05) is 36.4 Å². The predicted molar refractivity (Wildman–Crippen MR) is 150 cm³/mol. The first-order valence-corrected chi connectivity index (χ1v) is 13.9. The van der Waals surface area contributed by atoms with E-state index < -0.39 is 36.5 Å². The molecule has 2 aromatic heterocycles. The molecule has 1 aliphatic heterocycles. The summed E-state index contributed by atoms with van der Waals surface area (Å²) in [5.74, 6) is -0.597. The minimum absolute atomic E-state index is 0.168. The SMILES string of the molecule is Cc1cc(C2CCN(CC(F)(F)F)CC2)ccc1COc1ccccc1-c1cccc(-n2ncc(OC(=O)O)c2C(F)(F)F)n1. The molecule has 0 saturated carbocycles. The molecule has 1 N–H and O–H groups in total. The molecule has 0 bridgehead atoms. The van der Waals surface area contributed by atoms with Crippen molar-refractivity contribution in [2.45, 2.75) is 44.6 Å². The summed E-state index contributed by atoms with van der Waals surface area (Å²) in [6.07, 6.45) is -9.17. The lowest BCUT2D eigenvalue weighted by Gasteiger charge is -2.32. The van der Waals surface area contributed by atoms with Crippen molar-refractivity contribution >= 4 is 6.16 Å². The first kappa shape index (κ1) is 31.8. The summed E-state index contributed by atoms with van der Waals surface area (Å²) >= 11 is 0. The molecule has 5 rings (SSSR count). The summed E-state index contributed by atoms with van der Waals surface area (Å²) in [5.41, 5.74) is 2.28. The average molecular weight is 635 g/mol. The maximum Gasteiger partial charge on any atom is 0.511 e. The van der Waals surface area contributed by atoms with Crippen LogP contribution in [-0.4, -0.2) is 56.7 Å². The minimum atomic E-state index is -4.99. The van der Waals surface area contributed by atoms with E-state index in [4.69, 9.17) is 9.84 Å². The number of hydrogen-bond donors (Lipinski definition) is 1. The van der Waals surface area contributed by atoms with Gasteiger partial charge in [-0.3, -0.25) is 4.90 Å². The minimum Gasteiger partial charge on any atom is -0.488 e. The van der Waals surface area contributed by atoms with Crippen molar-refractivity contribution in [3.05, 3.63) is 89.2 Å². The lowest BCUT2D eigenvalue weighted by atomic mass is 9.88. The molecule has 0 radical (unpaired) electrons. The number of alkyl halides is 6. The van der Waals surface area contributed by atoms with Crippen molar-refractivity contribution < 1.29 is 45.7 Å². The van der Waals surface area contributed by atoms with Gasteiger partial charge in [0.05, 0.1) is 18.4 Å². The monoisotopic (exact) mass is 634 g/mol. The summed E-state index contributed by atoms with van der Waals surface area (Å²) in [6, 6.07) is 17.2. The number of piperidine rings is 1. The number of likely N-dealkylation sites (tertiary alicyclic amines) is 1. The fourth-order valence-electron chi connectivity index (χ4n) is 5.40. The van der Waals surface area contributed by atoms with Crippen molar-refractivity contribution in [3.8, 4) is 28.6 Å². The van der Waals surface area contributed by atoms with Crippen LogP contribution in [0, 0.1) is 6.92 Å². The molecule has 0 spiro atoms. The van der Waals surface area contributed by atoms with E-state index in [0.717, 1.165) is 16.7 Å².